The number of methoxy groups -OCH3 is 3. The van der Waals surface area contributed by atoms with E-state index in [1.807, 2.05) is 18.2 Å². The van der Waals surface area contributed by atoms with Crippen LogP contribution in [0.15, 0.2) is 36.4 Å². The Kier molecular flexibility index (Phi) is 4.13. The molecule has 1 radical (unpaired) electrons. The van der Waals surface area contributed by atoms with Crippen molar-refractivity contribution in [2.75, 3.05) is 21.3 Å². The summed E-state index contributed by atoms with van der Waals surface area (Å²) in [7, 11) is 4.69. The zero-order valence-corrected chi connectivity index (χ0v) is 11.1. The Balaban J connectivity index is 2.36. The van der Waals surface area contributed by atoms with E-state index in [0.717, 1.165) is 0 Å². The summed E-state index contributed by atoms with van der Waals surface area (Å²) >= 11 is 0. The van der Waals surface area contributed by atoms with Gasteiger partial charge in [-0.05, 0) is 6.07 Å². The molecule has 0 bridgehead atoms. The largest absolute Gasteiger partial charge is 0.493 e. The Morgan fingerprint density at radius 1 is 0.895 bits per heavy atom. The first kappa shape index (κ1) is 13.1. The molecule has 0 aromatic heterocycles. The van der Waals surface area contributed by atoms with Gasteiger partial charge in [0.1, 0.15) is 11.5 Å². The van der Waals surface area contributed by atoms with Crippen LogP contribution >= 0.6 is 0 Å². The molecule has 0 aliphatic rings. The Hall–Kier alpha value is -2.36. The smallest absolute Gasteiger partial charge is 0.203 e. The van der Waals surface area contributed by atoms with Crippen LogP contribution < -0.4 is 18.9 Å². The maximum absolute atomic E-state index is 5.69. The summed E-state index contributed by atoms with van der Waals surface area (Å²) in [6.07, 6.45) is 0. The van der Waals surface area contributed by atoms with Gasteiger partial charge in [0.25, 0.3) is 0 Å². The van der Waals surface area contributed by atoms with Gasteiger partial charge in [0, 0.05) is 18.2 Å². The molecule has 0 saturated heterocycles. The van der Waals surface area contributed by atoms with Crippen LogP contribution in [0.25, 0.3) is 0 Å². The topological polar surface area (TPSA) is 36.9 Å². The lowest BCUT2D eigenvalue weighted by Gasteiger charge is -2.14. The van der Waals surface area contributed by atoms with Gasteiger partial charge in [-0.3, -0.25) is 0 Å². The lowest BCUT2D eigenvalue weighted by molar-refractivity contribution is 0.321. The van der Waals surface area contributed by atoms with Crippen molar-refractivity contribution in [2.24, 2.45) is 0 Å². The second-order valence-corrected chi connectivity index (χ2v) is 3.69. The molecule has 0 saturated carbocycles. The van der Waals surface area contributed by atoms with Gasteiger partial charge in [-0.25, -0.2) is 0 Å². The van der Waals surface area contributed by atoms with Gasteiger partial charge < -0.3 is 18.9 Å². The summed E-state index contributed by atoms with van der Waals surface area (Å²) in [5, 5.41) is 0. The van der Waals surface area contributed by atoms with Gasteiger partial charge >= 0.3 is 0 Å². The molecule has 2 aromatic rings. The Morgan fingerprint density at radius 3 is 2.05 bits per heavy atom. The van der Waals surface area contributed by atoms with E-state index in [-0.39, 0.29) is 0 Å². The van der Waals surface area contributed by atoms with E-state index < -0.39 is 0 Å². The van der Waals surface area contributed by atoms with Crippen molar-refractivity contribution in [2.45, 2.75) is 0 Å². The molecule has 0 aliphatic carbocycles. The number of hydrogen-bond acceptors (Lipinski definition) is 4. The van der Waals surface area contributed by atoms with E-state index in [0.29, 0.717) is 28.7 Å². The predicted octanol–water partition coefficient (Wildman–Crippen LogP) is 3.30. The van der Waals surface area contributed by atoms with Crippen molar-refractivity contribution in [3.8, 4) is 28.7 Å². The molecule has 0 amide bonds. The third-order valence-corrected chi connectivity index (χ3v) is 2.55. The first-order chi connectivity index (χ1) is 9.28. The van der Waals surface area contributed by atoms with E-state index in [1.165, 1.54) is 0 Å². The summed E-state index contributed by atoms with van der Waals surface area (Å²) in [6, 6.07) is 13.8. The van der Waals surface area contributed by atoms with Gasteiger partial charge in [0.2, 0.25) is 5.75 Å². The second kappa shape index (κ2) is 6.00. The molecule has 0 spiro atoms. The van der Waals surface area contributed by atoms with E-state index >= 15 is 0 Å². The molecule has 0 unspecified atom stereocenters. The summed E-state index contributed by atoms with van der Waals surface area (Å²) in [4.78, 5) is 0. The normalized spacial score (nSPS) is 9.84. The predicted molar refractivity (Wildman–Crippen MR) is 71.5 cm³/mol. The summed E-state index contributed by atoms with van der Waals surface area (Å²) < 4.78 is 21.5. The molecule has 4 nitrogen and oxygen atoms in total. The Morgan fingerprint density at radius 2 is 1.58 bits per heavy atom. The molecule has 2 aromatic carbocycles. The van der Waals surface area contributed by atoms with Gasteiger partial charge in [-0.2, -0.15) is 0 Å². The highest BCUT2D eigenvalue weighted by Gasteiger charge is 2.14. The van der Waals surface area contributed by atoms with Gasteiger partial charge in [0.15, 0.2) is 11.5 Å². The first-order valence-electron chi connectivity index (χ1n) is 5.73. The molecule has 19 heavy (non-hydrogen) atoms. The number of ether oxygens (including phenoxy) is 4. The van der Waals surface area contributed by atoms with Crippen molar-refractivity contribution >= 4 is 0 Å². The van der Waals surface area contributed by atoms with Crippen molar-refractivity contribution in [3.05, 3.63) is 42.5 Å². The monoisotopic (exact) mass is 259 g/mol. The van der Waals surface area contributed by atoms with Crippen molar-refractivity contribution < 1.29 is 18.9 Å². The van der Waals surface area contributed by atoms with E-state index in [4.69, 9.17) is 18.9 Å². The fourth-order valence-corrected chi connectivity index (χ4v) is 1.68. The van der Waals surface area contributed by atoms with Crippen LogP contribution in [0.4, 0.5) is 0 Å². The minimum Gasteiger partial charge on any atom is -0.493 e. The average molecular weight is 259 g/mol. The molecule has 99 valence electrons. The molecule has 0 heterocycles. The molecule has 0 N–H and O–H groups in total. The molecular formula is C15H15O4. The molecular weight excluding hydrogens is 244 g/mol. The zero-order valence-electron chi connectivity index (χ0n) is 11.1. The SMILES string of the molecule is COc1cc(Oc2[c]cccc2)cc(OC)c1OC. The molecule has 0 aliphatic heterocycles. The highest BCUT2D eigenvalue weighted by atomic mass is 16.5. The minimum absolute atomic E-state index is 0.536. The maximum Gasteiger partial charge on any atom is 0.203 e. The number of rotatable bonds is 5. The highest BCUT2D eigenvalue weighted by molar-refractivity contribution is 5.56. The Labute approximate surface area is 112 Å². The quantitative estimate of drug-likeness (QED) is 0.825. The van der Waals surface area contributed by atoms with Crippen LogP contribution in [-0.2, 0) is 0 Å². The van der Waals surface area contributed by atoms with Crippen LogP contribution in [0, 0.1) is 6.07 Å². The van der Waals surface area contributed by atoms with E-state index in [1.54, 1.807) is 39.5 Å². The number of hydrogen-bond donors (Lipinski definition) is 0. The van der Waals surface area contributed by atoms with Crippen molar-refractivity contribution in [1.82, 2.24) is 0 Å². The minimum atomic E-state index is 0.536. The maximum atomic E-state index is 5.69. The highest BCUT2D eigenvalue weighted by Crippen LogP contribution is 2.41. The van der Waals surface area contributed by atoms with E-state index in [2.05, 4.69) is 6.07 Å². The van der Waals surface area contributed by atoms with Gasteiger partial charge in [-0.15, -0.1) is 0 Å². The van der Waals surface area contributed by atoms with Gasteiger partial charge in [0.05, 0.1) is 21.3 Å². The fourth-order valence-electron chi connectivity index (χ4n) is 1.68. The number of para-hydroxylation sites is 1. The van der Waals surface area contributed by atoms with Crippen molar-refractivity contribution in [1.29, 1.82) is 0 Å². The van der Waals surface area contributed by atoms with Crippen LogP contribution in [0.2, 0.25) is 0 Å². The third kappa shape index (κ3) is 2.91. The Bertz CT molecular complexity index is 512. The van der Waals surface area contributed by atoms with Crippen LogP contribution in [0.5, 0.6) is 28.7 Å². The number of benzene rings is 2. The van der Waals surface area contributed by atoms with Crippen LogP contribution in [0.1, 0.15) is 0 Å². The molecule has 0 fully saturated rings. The fraction of sp³-hybridized carbons (Fsp3) is 0.200. The molecule has 2 rings (SSSR count). The summed E-state index contributed by atoms with van der Waals surface area (Å²) in [5.74, 6) is 2.85. The first-order valence-corrected chi connectivity index (χ1v) is 5.73. The third-order valence-electron chi connectivity index (χ3n) is 2.55. The van der Waals surface area contributed by atoms with Crippen molar-refractivity contribution in [3.63, 3.8) is 0 Å². The summed E-state index contributed by atoms with van der Waals surface area (Å²) in [6.45, 7) is 0. The zero-order chi connectivity index (χ0) is 13.7. The van der Waals surface area contributed by atoms with E-state index in [9.17, 15) is 0 Å². The summed E-state index contributed by atoms with van der Waals surface area (Å²) in [5.41, 5.74) is 0. The van der Waals surface area contributed by atoms with Crippen LogP contribution in [-0.4, -0.2) is 21.3 Å². The van der Waals surface area contributed by atoms with Gasteiger partial charge in [-0.1, -0.05) is 18.2 Å². The standard InChI is InChI=1S/C15H15O4/c1-16-13-9-12(10-14(17-2)15(13)18-3)19-11-7-5-4-6-8-11/h4-7,9-10H,1-3H3. The van der Waals surface area contributed by atoms with Crippen LogP contribution in [0.3, 0.4) is 0 Å². The lowest BCUT2D eigenvalue weighted by Crippen LogP contribution is -1.96. The second-order valence-electron chi connectivity index (χ2n) is 3.69. The lowest BCUT2D eigenvalue weighted by atomic mass is 10.2. The molecule has 4 heteroatoms. The molecule has 0 atom stereocenters. The average Bonchev–Trinajstić information content (AvgIpc) is 2.47.